The molecule has 17 heavy (non-hydrogen) atoms. The molecule has 0 unspecified atom stereocenters. The Morgan fingerprint density at radius 2 is 2.29 bits per heavy atom. The van der Waals surface area contributed by atoms with Gasteiger partial charge in [0.1, 0.15) is 0 Å². The van der Waals surface area contributed by atoms with Crippen LogP contribution in [0.5, 0.6) is 0 Å². The fourth-order valence-corrected chi connectivity index (χ4v) is 2.03. The highest BCUT2D eigenvalue weighted by Gasteiger charge is 2.20. The Balaban J connectivity index is 1.93. The van der Waals surface area contributed by atoms with Crippen molar-refractivity contribution in [1.29, 1.82) is 0 Å². The number of carbonyl (C=O) groups is 1. The fourth-order valence-electron chi connectivity index (χ4n) is 2.03. The van der Waals surface area contributed by atoms with E-state index in [4.69, 9.17) is 5.11 Å². The first kappa shape index (κ1) is 10.4. The Morgan fingerprint density at radius 3 is 3.00 bits per heavy atom. The van der Waals surface area contributed by atoms with Crippen molar-refractivity contribution in [2.45, 2.75) is 25.4 Å². The number of rotatable bonds is 4. The molecule has 1 aliphatic rings. The van der Waals surface area contributed by atoms with Crippen LogP contribution < -0.4 is 5.32 Å². The molecule has 0 bridgehead atoms. The Morgan fingerprint density at radius 1 is 1.47 bits per heavy atom. The van der Waals surface area contributed by atoms with Crippen molar-refractivity contribution in [3.8, 4) is 0 Å². The zero-order valence-electron chi connectivity index (χ0n) is 9.36. The quantitative estimate of drug-likeness (QED) is 0.753. The van der Waals surface area contributed by atoms with Crippen LogP contribution in [0.25, 0.3) is 10.9 Å². The van der Waals surface area contributed by atoms with Gasteiger partial charge in [0.2, 0.25) is 0 Å². The Kier molecular flexibility index (Phi) is 2.37. The molecule has 2 aromatic rings. The molecule has 3 rings (SSSR count). The number of nitrogens with one attached hydrogen (secondary N) is 2. The average molecular weight is 230 g/mol. The van der Waals surface area contributed by atoms with Crippen LogP contribution in [0.2, 0.25) is 0 Å². The average Bonchev–Trinajstić information content (AvgIpc) is 3.04. The van der Waals surface area contributed by atoms with Crippen LogP contribution in [0.15, 0.2) is 24.3 Å². The van der Waals surface area contributed by atoms with Gasteiger partial charge in [-0.1, -0.05) is 12.1 Å². The van der Waals surface area contributed by atoms with E-state index in [1.807, 2.05) is 12.1 Å². The van der Waals surface area contributed by atoms with Crippen LogP contribution in [0.4, 0.5) is 0 Å². The number of benzene rings is 1. The summed E-state index contributed by atoms with van der Waals surface area (Å²) in [5, 5.41) is 13.4. The highest BCUT2D eigenvalue weighted by Crippen LogP contribution is 2.22. The van der Waals surface area contributed by atoms with Crippen LogP contribution in [0.3, 0.4) is 0 Å². The van der Waals surface area contributed by atoms with Crippen LogP contribution in [-0.2, 0) is 6.54 Å². The third-order valence-electron chi connectivity index (χ3n) is 3.10. The molecule has 0 atom stereocenters. The van der Waals surface area contributed by atoms with E-state index in [0.29, 0.717) is 17.1 Å². The van der Waals surface area contributed by atoms with Crippen LogP contribution in [0.1, 0.15) is 28.9 Å². The second-order valence-electron chi connectivity index (χ2n) is 4.52. The summed E-state index contributed by atoms with van der Waals surface area (Å²) in [6.07, 6.45) is 2.50. The second kappa shape index (κ2) is 3.89. The van der Waals surface area contributed by atoms with Gasteiger partial charge in [-0.15, -0.1) is 0 Å². The lowest BCUT2D eigenvalue weighted by Gasteiger charge is -1.99. The number of H-pyrrole nitrogens is 1. The third kappa shape index (κ3) is 2.03. The van der Waals surface area contributed by atoms with E-state index in [9.17, 15) is 4.79 Å². The molecule has 1 aliphatic carbocycles. The summed E-state index contributed by atoms with van der Waals surface area (Å²) in [6, 6.07) is 7.99. The minimum atomic E-state index is -0.890. The normalized spacial score (nSPS) is 15.3. The smallest absolute Gasteiger partial charge is 0.337 e. The summed E-state index contributed by atoms with van der Waals surface area (Å²) in [6.45, 7) is 0.776. The highest BCUT2D eigenvalue weighted by molar-refractivity contribution is 6.02. The minimum Gasteiger partial charge on any atom is -0.478 e. The van der Waals surface area contributed by atoms with Gasteiger partial charge in [0.15, 0.2) is 0 Å². The molecule has 0 aliphatic heterocycles. The van der Waals surface area contributed by atoms with Gasteiger partial charge in [0.05, 0.1) is 11.1 Å². The van der Waals surface area contributed by atoms with Crippen molar-refractivity contribution in [3.63, 3.8) is 0 Å². The first-order chi connectivity index (χ1) is 8.24. The van der Waals surface area contributed by atoms with Crippen molar-refractivity contribution in [1.82, 2.24) is 10.3 Å². The molecular formula is C13H14N2O2. The van der Waals surface area contributed by atoms with Gasteiger partial charge in [0.25, 0.3) is 0 Å². The molecule has 1 heterocycles. The summed E-state index contributed by atoms with van der Waals surface area (Å²) >= 11 is 0. The third-order valence-corrected chi connectivity index (χ3v) is 3.10. The standard InChI is InChI=1S/C13H14N2O2/c16-13(17)11-3-1-2-8-6-10(15-12(8)11)7-14-9-4-5-9/h1-3,6,9,14-15H,4-5,7H2,(H,16,17). The lowest BCUT2D eigenvalue weighted by atomic mass is 10.1. The van der Waals surface area contributed by atoms with Crippen LogP contribution in [0, 0.1) is 0 Å². The SMILES string of the molecule is O=C(O)c1cccc2cc(CNC3CC3)[nH]c12. The van der Waals surface area contributed by atoms with Gasteiger partial charge >= 0.3 is 5.97 Å². The molecule has 4 nitrogen and oxygen atoms in total. The molecule has 0 spiro atoms. The Bertz CT molecular complexity index is 570. The van der Waals surface area contributed by atoms with Crippen molar-refractivity contribution < 1.29 is 9.90 Å². The molecule has 3 N–H and O–H groups in total. The minimum absolute atomic E-state index is 0.333. The van der Waals surface area contributed by atoms with E-state index in [0.717, 1.165) is 17.6 Å². The monoisotopic (exact) mass is 230 g/mol. The maximum atomic E-state index is 11.1. The van der Waals surface area contributed by atoms with Crippen molar-refractivity contribution >= 4 is 16.9 Å². The zero-order valence-corrected chi connectivity index (χ0v) is 9.36. The Hall–Kier alpha value is -1.81. The number of aromatic nitrogens is 1. The number of fused-ring (bicyclic) bond motifs is 1. The van der Waals surface area contributed by atoms with Crippen LogP contribution in [-0.4, -0.2) is 22.1 Å². The fraction of sp³-hybridized carbons (Fsp3) is 0.308. The number of aromatic amines is 1. The van der Waals surface area contributed by atoms with Crippen molar-refractivity contribution in [3.05, 3.63) is 35.5 Å². The van der Waals surface area contributed by atoms with Crippen molar-refractivity contribution in [2.24, 2.45) is 0 Å². The predicted octanol–water partition coefficient (Wildman–Crippen LogP) is 2.12. The number of para-hydroxylation sites is 1. The summed E-state index contributed by atoms with van der Waals surface area (Å²) in [5.41, 5.74) is 2.09. The maximum Gasteiger partial charge on any atom is 0.337 e. The molecule has 1 aromatic carbocycles. The molecule has 88 valence electrons. The lowest BCUT2D eigenvalue weighted by Crippen LogP contribution is -2.15. The van der Waals surface area contributed by atoms with Gasteiger partial charge in [-0.05, 0) is 25.0 Å². The van der Waals surface area contributed by atoms with Gasteiger partial charge in [0, 0.05) is 23.7 Å². The molecule has 1 aromatic heterocycles. The lowest BCUT2D eigenvalue weighted by molar-refractivity contribution is 0.0699. The maximum absolute atomic E-state index is 11.1. The van der Waals surface area contributed by atoms with E-state index in [1.54, 1.807) is 12.1 Å². The first-order valence-corrected chi connectivity index (χ1v) is 5.81. The topological polar surface area (TPSA) is 65.1 Å². The number of hydrogen-bond donors (Lipinski definition) is 3. The molecule has 4 heteroatoms. The van der Waals surface area contributed by atoms with E-state index >= 15 is 0 Å². The van der Waals surface area contributed by atoms with Crippen LogP contribution >= 0.6 is 0 Å². The largest absolute Gasteiger partial charge is 0.478 e. The number of carboxylic acid groups (broad SMARTS) is 1. The van der Waals surface area contributed by atoms with Gasteiger partial charge < -0.3 is 15.4 Å². The molecule has 0 amide bonds. The summed E-state index contributed by atoms with van der Waals surface area (Å²) < 4.78 is 0. The van der Waals surface area contributed by atoms with E-state index in [2.05, 4.69) is 10.3 Å². The van der Waals surface area contributed by atoms with Gasteiger partial charge in [-0.2, -0.15) is 0 Å². The Labute approximate surface area is 98.6 Å². The molecule has 0 saturated heterocycles. The molecule has 1 saturated carbocycles. The van der Waals surface area contributed by atoms with Gasteiger partial charge in [-0.3, -0.25) is 0 Å². The van der Waals surface area contributed by atoms with E-state index in [-0.39, 0.29) is 0 Å². The van der Waals surface area contributed by atoms with E-state index < -0.39 is 5.97 Å². The highest BCUT2D eigenvalue weighted by atomic mass is 16.4. The summed E-state index contributed by atoms with van der Waals surface area (Å²) in [4.78, 5) is 14.2. The zero-order chi connectivity index (χ0) is 11.8. The predicted molar refractivity (Wildman–Crippen MR) is 65.1 cm³/mol. The second-order valence-corrected chi connectivity index (χ2v) is 4.52. The molecule has 1 fully saturated rings. The van der Waals surface area contributed by atoms with E-state index in [1.165, 1.54) is 12.8 Å². The molecular weight excluding hydrogens is 216 g/mol. The van der Waals surface area contributed by atoms with Gasteiger partial charge in [-0.25, -0.2) is 4.79 Å². The number of hydrogen-bond acceptors (Lipinski definition) is 2. The summed E-state index contributed by atoms with van der Waals surface area (Å²) in [7, 11) is 0. The van der Waals surface area contributed by atoms with Crippen molar-refractivity contribution in [2.75, 3.05) is 0 Å². The molecule has 0 radical (unpaired) electrons. The summed E-state index contributed by atoms with van der Waals surface area (Å²) in [5.74, 6) is -0.890. The first-order valence-electron chi connectivity index (χ1n) is 5.81. The number of aromatic carboxylic acids is 1. The number of carboxylic acids is 1.